The second-order valence-corrected chi connectivity index (χ2v) is 4.16. The van der Waals surface area contributed by atoms with Crippen LogP contribution in [0.15, 0.2) is 15.2 Å². The van der Waals surface area contributed by atoms with Crippen LogP contribution in [0.2, 0.25) is 0 Å². The average molecular weight is 252 g/mol. The minimum absolute atomic E-state index is 0.0101. The van der Waals surface area contributed by atoms with Gasteiger partial charge in [0.2, 0.25) is 17.5 Å². The molecule has 5 nitrogen and oxygen atoms in total. The van der Waals surface area contributed by atoms with Crippen molar-refractivity contribution in [1.29, 1.82) is 0 Å². The minimum atomic E-state index is -0.562. The third kappa shape index (κ3) is 2.16. The summed E-state index contributed by atoms with van der Waals surface area (Å²) >= 11 is 1.54. The van der Waals surface area contributed by atoms with Crippen LogP contribution in [-0.4, -0.2) is 17.6 Å². The van der Waals surface area contributed by atoms with Crippen LogP contribution in [0.5, 0.6) is 0 Å². The van der Waals surface area contributed by atoms with Gasteiger partial charge in [-0.15, -0.1) is 0 Å². The van der Waals surface area contributed by atoms with Gasteiger partial charge < -0.3 is 14.9 Å². The van der Waals surface area contributed by atoms with Gasteiger partial charge in [-0.3, -0.25) is 0 Å². The van der Waals surface area contributed by atoms with Crippen LogP contribution in [0.3, 0.4) is 0 Å². The Hall–Kier alpha value is -1.82. The van der Waals surface area contributed by atoms with E-state index in [9.17, 15) is 4.79 Å². The number of nitrogen functional groups attached to an aromatic ring is 1. The Morgan fingerprint density at radius 1 is 1.59 bits per heavy atom. The Morgan fingerprint density at radius 3 is 2.94 bits per heavy atom. The Balaban J connectivity index is 2.37. The topological polar surface area (TPSA) is 78.3 Å². The molecule has 2 rings (SSSR count). The largest absolute Gasteiger partial charge is 0.461 e. The number of hydrogen-bond donors (Lipinski definition) is 1. The zero-order chi connectivity index (χ0) is 12.4. The molecule has 0 saturated carbocycles. The average Bonchev–Trinajstić information content (AvgIpc) is 2.84. The minimum Gasteiger partial charge on any atom is -0.461 e. The molecule has 0 atom stereocenters. The number of esters is 1. The molecule has 0 aliphatic carbocycles. The molecule has 2 heterocycles. The second kappa shape index (κ2) is 4.58. The first-order chi connectivity index (χ1) is 8.13. The van der Waals surface area contributed by atoms with Gasteiger partial charge in [0.15, 0.2) is 0 Å². The zero-order valence-corrected chi connectivity index (χ0v) is 10.3. The third-order valence-corrected chi connectivity index (χ3v) is 3.07. The van der Waals surface area contributed by atoms with Crippen molar-refractivity contribution in [2.24, 2.45) is 0 Å². The maximum Gasteiger partial charge on any atom is 0.362 e. The molecule has 0 bridgehead atoms. The van der Waals surface area contributed by atoms with Gasteiger partial charge in [0.05, 0.1) is 12.2 Å². The lowest BCUT2D eigenvalue weighted by atomic mass is 10.2. The van der Waals surface area contributed by atoms with Crippen LogP contribution in [0.1, 0.15) is 23.0 Å². The molecule has 0 fully saturated rings. The number of carbonyl (C=O) groups is 1. The van der Waals surface area contributed by atoms with Crippen molar-refractivity contribution in [3.63, 3.8) is 0 Å². The van der Waals surface area contributed by atoms with Crippen molar-refractivity contribution < 1.29 is 13.9 Å². The van der Waals surface area contributed by atoms with Crippen LogP contribution >= 0.6 is 11.3 Å². The molecule has 90 valence electrons. The van der Waals surface area contributed by atoms with Gasteiger partial charge in [0.1, 0.15) is 0 Å². The van der Waals surface area contributed by atoms with E-state index in [4.69, 9.17) is 14.9 Å². The zero-order valence-electron chi connectivity index (χ0n) is 9.52. The normalized spacial score (nSPS) is 10.5. The number of rotatable bonds is 3. The number of nitrogens with zero attached hydrogens (tertiary/aromatic N) is 1. The van der Waals surface area contributed by atoms with Gasteiger partial charge >= 0.3 is 5.97 Å². The van der Waals surface area contributed by atoms with Gasteiger partial charge in [-0.25, -0.2) is 4.79 Å². The van der Waals surface area contributed by atoms with E-state index in [1.165, 1.54) is 11.3 Å². The molecule has 0 aliphatic rings. The Morgan fingerprint density at radius 2 is 2.35 bits per heavy atom. The molecule has 0 radical (unpaired) electrons. The number of aromatic nitrogens is 1. The summed E-state index contributed by atoms with van der Waals surface area (Å²) < 4.78 is 10.1. The smallest absolute Gasteiger partial charge is 0.362 e. The Kier molecular flexibility index (Phi) is 3.14. The summed E-state index contributed by atoms with van der Waals surface area (Å²) in [6.45, 7) is 3.94. The SMILES string of the molecule is CCOC(=O)c1nc(-c2cscc2C)oc1N. The highest BCUT2D eigenvalue weighted by Crippen LogP contribution is 2.29. The standard InChI is InChI=1S/C11H12N2O3S/c1-3-15-11(14)8-9(12)16-10(13-8)7-5-17-4-6(7)2/h4-5H,3,12H2,1-2H3. The first kappa shape index (κ1) is 11.7. The lowest BCUT2D eigenvalue weighted by Crippen LogP contribution is -2.07. The lowest BCUT2D eigenvalue weighted by Gasteiger charge is -1.96. The number of thiophene rings is 1. The fraction of sp³-hybridized carbons (Fsp3) is 0.273. The number of ether oxygens (including phenoxy) is 1. The molecule has 0 aliphatic heterocycles. The number of nitrogens with two attached hydrogens (primary N) is 1. The summed E-state index contributed by atoms with van der Waals surface area (Å²) in [4.78, 5) is 15.6. The van der Waals surface area contributed by atoms with Crippen molar-refractivity contribution in [3.8, 4) is 11.5 Å². The van der Waals surface area contributed by atoms with E-state index in [1.54, 1.807) is 6.92 Å². The van der Waals surface area contributed by atoms with Gasteiger partial charge in [-0.2, -0.15) is 16.3 Å². The third-order valence-electron chi connectivity index (χ3n) is 2.21. The van der Waals surface area contributed by atoms with E-state index in [0.717, 1.165) is 11.1 Å². The molecule has 6 heteroatoms. The molecule has 0 unspecified atom stereocenters. The highest BCUT2D eigenvalue weighted by molar-refractivity contribution is 7.08. The predicted octanol–water partition coefficient (Wildman–Crippen LogP) is 2.47. The number of aryl methyl sites for hydroxylation is 1. The summed E-state index contributed by atoms with van der Waals surface area (Å²) in [5.74, 6) is -0.221. The maximum atomic E-state index is 11.5. The molecule has 17 heavy (non-hydrogen) atoms. The van der Waals surface area contributed by atoms with E-state index >= 15 is 0 Å². The first-order valence-corrected chi connectivity index (χ1v) is 6.04. The fourth-order valence-electron chi connectivity index (χ4n) is 1.37. The molecular weight excluding hydrogens is 240 g/mol. The monoisotopic (exact) mass is 252 g/mol. The fourth-order valence-corrected chi connectivity index (χ4v) is 2.19. The van der Waals surface area contributed by atoms with Gasteiger partial charge in [0, 0.05) is 5.38 Å². The van der Waals surface area contributed by atoms with E-state index in [2.05, 4.69) is 4.98 Å². The molecular formula is C11H12N2O3S. The molecule has 0 spiro atoms. The van der Waals surface area contributed by atoms with Crippen molar-refractivity contribution in [2.75, 3.05) is 12.3 Å². The van der Waals surface area contributed by atoms with Crippen LogP contribution in [-0.2, 0) is 4.74 Å². The number of hydrogen-bond acceptors (Lipinski definition) is 6. The van der Waals surface area contributed by atoms with Gasteiger partial charge in [0.25, 0.3) is 0 Å². The molecule has 0 amide bonds. The van der Waals surface area contributed by atoms with E-state index in [0.29, 0.717) is 5.89 Å². The number of anilines is 1. The highest BCUT2D eigenvalue weighted by Gasteiger charge is 2.20. The summed E-state index contributed by atoms with van der Waals surface area (Å²) in [5, 5.41) is 3.87. The second-order valence-electron chi connectivity index (χ2n) is 3.42. The summed E-state index contributed by atoms with van der Waals surface area (Å²) in [6.07, 6.45) is 0. The highest BCUT2D eigenvalue weighted by atomic mass is 32.1. The number of carbonyl (C=O) groups excluding carboxylic acids is 1. The van der Waals surface area contributed by atoms with Crippen molar-refractivity contribution >= 4 is 23.2 Å². The molecule has 2 aromatic heterocycles. The van der Waals surface area contributed by atoms with Gasteiger partial charge in [-0.05, 0) is 24.8 Å². The maximum absolute atomic E-state index is 11.5. The van der Waals surface area contributed by atoms with Crippen LogP contribution in [0, 0.1) is 6.92 Å². The predicted molar refractivity (Wildman–Crippen MR) is 64.9 cm³/mol. The lowest BCUT2D eigenvalue weighted by molar-refractivity contribution is 0.0521. The van der Waals surface area contributed by atoms with Gasteiger partial charge in [-0.1, -0.05) is 0 Å². The summed E-state index contributed by atoms with van der Waals surface area (Å²) in [5.41, 5.74) is 7.52. The van der Waals surface area contributed by atoms with Crippen LogP contribution in [0.25, 0.3) is 11.5 Å². The summed E-state index contributed by atoms with van der Waals surface area (Å²) in [6, 6.07) is 0. The van der Waals surface area contributed by atoms with E-state index < -0.39 is 5.97 Å². The summed E-state index contributed by atoms with van der Waals surface area (Å²) in [7, 11) is 0. The first-order valence-electron chi connectivity index (χ1n) is 5.10. The van der Waals surface area contributed by atoms with Crippen molar-refractivity contribution in [1.82, 2.24) is 4.98 Å². The van der Waals surface area contributed by atoms with E-state index in [1.807, 2.05) is 17.7 Å². The van der Waals surface area contributed by atoms with Crippen molar-refractivity contribution in [3.05, 3.63) is 22.0 Å². The van der Waals surface area contributed by atoms with E-state index in [-0.39, 0.29) is 18.2 Å². The number of oxazole rings is 1. The molecule has 0 aromatic carbocycles. The molecule has 2 aromatic rings. The Bertz CT molecular complexity index is 545. The molecule has 2 N–H and O–H groups in total. The van der Waals surface area contributed by atoms with Crippen LogP contribution < -0.4 is 5.73 Å². The Labute approximate surface area is 102 Å². The van der Waals surface area contributed by atoms with Crippen molar-refractivity contribution in [2.45, 2.75) is 13.8 Å². The quantitative estimate of drug-likeness (QED) is 0.849. The van der Waals surface area contributed by atoms with Crippen LogP contribution in [0.4, 0.5) is 5.88 Å². The molecule has 0 saturated heterocycles.